The van der Waals surface area contributed by atoms with Gasteiger partial charge in [0, 0.05) is 13.7 Å². The largest absolute Gasteiger partial charge is 0.480 e. The van der Waals surface area contributed by atoms with Crippen molar-refractivity contribution >= 4 is 5.97 Å². The van der Waals surface area contributed by atoms with E-state index in [1.54, 1.807) is 0 Å². The zero-order valence-electron chi connectivity index (χ0n) is 11.6. The molecule has 0 aromatic heterocycles. The lowest BCUT2D eigenvalue weighted by Gasteiger charge is -2.17. The maximum atomic E-state index is 11.1. The monoisotopic (exact) mass is 265 g/mol. The maximum absolute atomic E-state index is 11.1. The molecule has 0 radical (unpaired) electrons. The molecule has 0 bridgehead atoms. The summed E-state index contributed by atoms with van der Waals surface area (Å²) < 4.78 is 0. The van der Waals surface area contributed by atoms with Gasteiger partial charge in [0.05, 0.1) is 0 Å². The van der Waals surface area contributed by atoms with Gasteiger partial charge in [-0.15, -0.1) is 0 Å². The lowest BCUT2D eigenvalue weighted by atomic mass is 9.88. The summed E-state index contributed by atoms with van der Waals surface area (Å²) in [6.07, 6.45) is 3.02. The van der Waals surface area contributed by atoms with Gasteiger partial charge in [-0.25, -0.2) is 0 Å². The predicted octanol–water partition coefficient (Wildman–Crippen LogP) is 1.68. The van der Waals surface area contributed by atoms with Crippen LogP contribution in [0.5, 0.6) is 0 Å². The highest BCUT2D eigenvalue weighted by molar-refractivity contribution is 5.83. The quantitative estimate of drug-likeness (QED) is 0.684. The summed E-state index contributed by atoms with van der Waals surface area (Å²) in [4.78, 5) is 11.1. The van der Waals surface area contributed by atoms with Crippen LogP contribution in [-0.4, -0.2) is 35.4 Å². The van der Waals surface area contributed by atoms with Gasteiger partial charge in [-0.1, -0.05) is 37.3 Å². The molecule has 3 N–H and O–H groups in total. The number of carboxylic acids is 1. The summed E-state index contributed by atoms with van der Waals surface area (Å²) in [6, 6.07) is 10.3. The minimum Gasteiger partial charge on any atom is -0.480 e. The Kier molecular flexibility index (Phi) is 5.99. The van der Waals surface area contributed by atoms with Crippen molar-refractivity contribution in [2.75, 3.05) is 13.7 Å². The summed E-state index contributed by atoms with van der Waals surface area (Å²) in [7, 11) is 1.00. The Balaban J connectivity index is 0.000000861. The van der Waals surface area contributed by atoms with E-state index in [1.165, 1.54) is 5.56 Å². The first-order valence-electron chi connectivity index (χ1n) is 6.62. The molecule has 0 spiro atoms. The van der Waals surface area contributed by atoms with E-state index in [2.05, 4.69) is 17.4 Å². The second-order valence-corrected chi connectivity index (χ2v) is 4.91. The number of nitrogens with one attached hydrogen (secondary N) is 1. The molecule has 4 nitrogen and oxygen atoms in total. The van der Waals surface area contributed by atoms with Crippen LogP contribution in [0.15, 0.2) is 30.3 Å². The zero-order valence-corrected chi connectivity index (χ0v) is 11.6. The number of aliphatic hydroxyl groups is 1. The molecular weight excluding hydrogens is 242 g/mol. The molecule has 1 aromatic rings. The minimum atomic E-state index is -0.704. The topological polar surface area (TPSA) is 79.5 Å². The molecule has 1 aliphatic heterocycles. The molecule has 0 amide bonds. The van der Waals surface area contributed by atoms with Gasteiger partial charge in [-0.3, -0.25) is 10.1 Å². The van der Waals surface area contributed by atoms with E-state index in [0.717, 1.165) is 26.4 Å². The van der Waals surface area contributed by atoms with Crippen LogP contribution in [0, 0.1) is 5.92 Å². The van der Waals surface area contributed by atoms with Crippen LogP contribution in [0.25, 0.3) is 0 Å². The number of rotatable bonds is 6. The van der Waals surface area contributed by atoms with Crippen LogP contribution in [0.4, 0.5) is 0 Å². The van der Waals surface area contributed by atoms with Crippen molar-refractivity contribution in [3.63, 3.8) is 0 Å². The number of hydrogen-bond acceptors (Lipinski definition) is 3. The third kappa shape index (κ3) is 4.04. The van der Waals surface area contributed by atoms with Crippen LogP contribution in [0.2, 0.25) is 0 Å². The Hall–Kier alpha value is -1.39. The molecule has 1 aliphatic rings. The van der Waals surface area contributed by atoms with Crippen LogP contribution in [-0.2, 0) is 11.2 Å². The normalized spacial score (nSPS) is 22.1. The van der Waals surface area contributed by atoms with Gasteiger partial charge in [0.1, 0.15) is 5.54 Å². The number of benzene rings is 1. The van der Waals surface area contributed by atoms with Crippen LogP contribution in [0.3, 0.4) is 0 Å². The zero-order chi connectivity index (χ0) is 14.3. The van der Waals surface area contributed by atoms with Crippen molar-refractivity contribution in [3.05, 3.63) is 35.9 Å². The highest BCUT2D eigenvalue weighted by Crippen LogP contribution is 2.31. The average Bonchev–Trinajstić information content (AvgIpc) is 3.24. The Morgan fingerprint density at radius 1 is 1.37 bits per heavy atom. The molecular formula is C15H23NO3. The molecule has 2 atom stereocenters. The van der Waals surface area contributed by atoms with Crippen LogP contribution in [0.1, 0.15) is 25.3 Å². The Labute approximate surface area is 114 Å². The fourth-order valence-electron chi connectivity index (χ4n) is 2.31. The molecule has 1 fully saturated rings. The second kappa shape index (κ2) is 7.26. The highest BCUT2D eigenvalue weighted by atomic mass is 16.4. The molecule has 106 valence electrons. The Bertz CT molecular complexity index is 388. The van der Waals surface area contributed by atoms with E-state index in [0.29, 0.717) is 6.54 Å². The van der Waals surface area contributed by atoms with Gasteiger partial charge in [0.15, 0.2) is 0 Å². The van der Waals surface area contributed by atoms with Crippen molar-refractivity contribution in [2.45, 2.75) is 31.7 Å². The Morgan fingerprint density at radius 2 is 1.95 bits per heavy atom. The van der Waals surface area contributed by atoms with Crippen LogP contribution >= 0.6 is 0 Å². The predicted molar refractivity (Wildman–Crippen MR) is 75.1 cm³/mol. The van der Waals surface area contributed by atoms with Gasteiger partial charge >= 0.3 is 5.97 Å². The van der Waals surface area contributed by atoms with E-state index >= 15 is 0 Å². The SMILES string of the molecule is CC(CCCc1ccccc1)C1(C(=O)O)CN1.CO. The number of hydrogen-bond donors (Lipinski definition) is 3. The maximum Gasteiger partial charge on any atom is 0.325 e. The molecule has 2 rings (SSSR count). The molecule has 2 unspecified atom stereocenters. The lowest BCUT2D eigenvalue weighted by Crippen LogP contribution is -2.35. The fraction of sp³-hybridized carbons (Fsp3) is 0.533. The summed E-state index contributed by atoms with van der Waals surface area (Å²) in [5.41, 5.74) is 0.698. The van der Waals surface area contributed by atoms with Crippen molar-refractivity contribution < 1.29 is 15.0 Å². The Morgan fingerprint density at radius 3 is 2.42 bits per heavy atom. The van der Waals surface area contributed by atoms with Crippen molar-refractivity contribution in [2.24, 2.45) is 5.92 Å². The number of aliphatic hydroxyl groups excluding tert-OH is 1. The van der Waals surface area contributed by atoms with E-state index in [-0.39, 0.29) is 5.92 Å². The van der Waals surface area contributed by atoms with E-state index in [4.69, 9.17) is 10.2 Å². The molecule has 0 aliphatic carbocycles. The minimum absolute atomic E-state index is 0.198. The van der Waals surface area contributed by atoms with Crippen molar-refractivity contribution in [3.8, 4) is 0 Å². The van der Waals surface area contributed by atoms with Gasteiger partial charge in [-0.2, -0.15) is 0 Å². The standard InChI is InChI=1S/C14H19NO2.CH4O/c1-11(14(10-15-14)13(16)17)6-5-9-12-7-3-2-4-8-12;1-2/h2-4,7-8,11,15H,5-6,9-10H2,1H3,(H,16,17);2H,1H3. The number of carbonyl (C=O) groups is 1. The van der Waals surface area contributed by atoms with Gasteiger partial charge in [-0.05, 0) is 30.7 Å². The van der Waals surface area contributed by atoms with Gasteiger partial charge in [0.2, 0.25) is 0 Å². The molecule has 1 saturated heterocycles. The fourth-order valence-corrected chi connectivity index (χ4v) is 2.31. The molecule has 1 heterocycles. The molecule has 4 heteroatoms. The highest BCUT2D eigenvalue weighted by Gasteiger charge is 2.53. The average molecular weight is 265 g/mol. The summed E-state index contributed by atoms with van der Waals surface area (Å²) in [5.74, 6) is -0.506. The third-order valence-electron chi connectivity index (χ3n) is 3.73. The van der Waals surface area contributed by atoms with Crippen molar-refractivity contribution in [1.29, 1.82) is 0 Å². The second-order valence-electron chi connectivity index (χ2n) is 4.91. The lowest BCUT2D eigenvalue weighted by molar-refractivity contribution is -0.141. The summed E-state index contributed by atoms with van der Waals surface area (Å²) in [6.45, 7) is 2.65. The number of aliphatic carboxylic acids is 1. The molecule has 19 heavy (non-hydrogen) atoms. The van der Waals surface area contributed by atoms with Gasteiger partial charge in [0.25, 0.3) is 0 Å². The van der Waals surface area contributed by atoms with E-state index in [1.807, 2.05) is 25.1 Å². The van der Waals surface area contributed by atoms with Gasteiger partial charge < -0.3 is 10.2 Å². The third-order valence-corrected chi connectivity index (χ3v) is 3.73. The first-order chi connectivity index (χ1) is 9.15. The van der Waals surface area contributed by atoms with Crippen molar-refractivity contribution in [1.82, 2.24) is 5.32 Å². The first kappa shape index (κ1) is 15.7. The molecule has 1 aromatic carbocycles. The van der Waals surface area contributed by atoms with E-state index < -0.39 is 11.5 Å². The van der Waals surface area contributed by atoms with E-state index in [9.17, 15) is 4.79 Å². The summed E-state index contributed by atoms with van der Waals surface area (Å²) >= 11 is 0. The molecule has 0 saturated carbocycles. The first-order valence-corrected chi connectivity index (χ1v) is 6.62. The summed E-state index contributed by atoms with van der Waals surface area (Å²) in [5, 5.41) is 19.1. The smallest absolute Gasteiger partial charge is 0.325 e. The van der Waals surface area contributed by atoms with Crippen LogP contribution < -0.4 is 5.32 Å². The number of carboxylic acid groups (broad SMARTS) is 1. The number of aryl methyl sites for hydroxylation is 1.